The highest BCUT2D eigenvalue weighted by molar-refractivity contribution is 7.85. The zero-order valence-electron chi connectivity index (χ0n) is 13.4. The summed E-state index contributed by atoms with van der Waals surface area (Å²) in [4.78, 5) is 16.0. The molecule has 0 bridgehead atoms. The van der Waals surface area contributed by atoms with E-state index < -0.39 is 10.8 Å². The van der Waals surface area contributed by atoms with E-state index in [0.29, 0.717) is 17.3 Å². The van der Waals surface area contributed by atoms with Crippen molar-refractivity contribution >= 4 is 22.6 Å². The van der Waals surface area contributed by atoms with Gasteiger partial charge in [-0.2, -0.15) is 0 Å². The van der Waals surface area contributed by atoms with Gasteiger partial charge in [0, 0.05) is 27.8 Å². The first-order valence-corrected chi connectivity index (χ1v) is 9.13. The Morgan fingerprint density at radius 2 is 2.23 bits per heavy atom. The highest BCUT2D eigenvalue weighted by Crippen LogP contribution is 2.25. The van der Waals surface area contributed by atoms with E-state index in [1.54, 1.807) is 19.1 Å². The molecule has 3 unspecified atom stereocenters. The summed E-state index contributed by atoms with van der Waals surface area (Å²) in [5.74, 6) is 1.12. The number of esters is 1. The zero-order valence-corrected chi connectivity index (χ0v) is 14.2. The van der Waals surface area contributed by atoms with Gasteiger partial charge in [-0.1, -0.05) is 13.3 Å². The Balaban J connectivity index is 2.03. The van der Waals surface area contributed by atoms with Crippen LogP contribution < -0.4 is 5.32 Å². The SMILES string of the molecule is CCS(=O)C1CCCC(Nc2ccc(C(=O)OC)c(C)n2)C1. The van der Waals surface area contributed by atoms with Gasteiger partial charge in [-0.25, -0.2) is 9.78 Å². The molecule has 0 radical (unpaired) electrons. The van der Waals surface area contributed by atoms with Crippen LogP contribution >= 0.6 is 0 Å². The number of pyridine rings is 1. The fraction of sp³-hybridized carbons (Fsp3) is 0.625. The Bertz CT molecular complexity index is 562. The fourth-order valence-corrected chi connectivity index (χ4v) is 4.27. The lowest BCUT2D eigenvalue weighted by atomic mass is 9.95. The summed E-state index contributed by atoms with van der Waals surface area (Å²) in [6, 6.07) is 3.84. The minimum absolute atomic E-state index is 0.284. The summed E-state index contributed by atoms with van der Waals surface area (Å²) in [6.45, 7) is 3.77. The summed E-state index contributed by atoms with van der Waals surface area (Å²) >= 11 is 0. The van der Waals surface area contributed by atoms with Gasteiger partial charge in [-0.05, 0) is 38.3 Å². The molecule has 6 heteroatoms. The average molecular weight is 324 g/mol. The normalized spacial score (nSPS) is 22.9. The van der Waals surface area contributed by atoms with Crippen molar-refractivity contribution in [1.82, 2.24) is 4.98 Å². The van der Waals surface area contributed by atoms with Gasteiger partial charge in [-0.15, -0.1) is 0 Å². The Kier molecular flexibility index (Phi) is 5.94. The topological polar surface area (TPSA) is 68.3 Å². The molecule has 0 spiro atoms. The molecule has 22 heavy (non-hydrogen) atoms. The summed E-state index contributed by atoms with van der Waals surface area (Å²) < 4.78 is 16.7. The van der Waals surface area contributed by atoms with Crippen LogP contribution in [0.25, 0.3) is 0 Å². The van der Waals surface area contributed by atoms with Crippen LogP contribution in [-0.4, -0.2) is 39.3 Å². The van der Waals surface area contributed by atoms with E-state index in [4.69, 9.17) is 4.74 Å². The Morgan fingerprint density at radius 3 is 2.86 bits per heavy atom. The fourth-order valence-electron chi connectivity index (χ4n) is 2.93. The standard InChI is InChI=1S/C16H24N2O3S/c1-4-22(20)13-7-5-6-12(10-13)18-15-9-8-14(11(2)17-15)16(19)21-3/h8-9,12-13H,4-7,10H2,1-3H3,(H,17,18). The van der Waals surface area contributed by atoms with Crippen molar-refractivity contribution in [2.45, 2.75) is 50.8 Å². The maximum absolute atomic E-state index is 12.0. The average Bonchev–Trinajstić information content (AvgIpc) is 2.53. The number of aromatic nitrogens is 1. The number of nitrogens with zero attached hydrogens (tertiary/aromatic N) is 1. The van der Waals surface area contributed by atoms with Crippen LogP contribution in [0, 0.1) is 6.92 Å². The molecule has 1 fully saturated rings. The van der Waals surface area contributed by atoms with E-state index in [1.807, 2.05) is 6.92 Å². The zero-order chi connectivity index (χ0) is 16.1. The molecule has 2 rings (SSSR count). The first-order chi connectivity index (χ1) is 10.5. The molecule has 122 valence electrons. The molecule has 0 amide bonds. The highest BCUT2D eigenvalue weighted by Gasteiger charge is 2.25. The summed E-state index contributed by atoms with van der Waals surface area (Å²) in [7, 11) is 0.636. The number of carbonyl (C=O) groups excluding carboxylic acids is 1. The van der Waals surface area contributed by atoms with E-state index in [0.717, 1.165) is 37.3 Å². The second-order valence-corrected chi connectivity index (χ2v) is 7.63. The van der Waals surface area contributed by atoms with Crippen molar-refractivity contribution in [2.24, 2.45) is 0 Å². The van der Waals surface area contributed by atoms with Gasteiger partial charge in [-0.3, -0.25) is 4.21 Å². The third-order valence-corrected chi connectivity index (χ3v) is 5.87. The molecule has 0 saturated heterocycles. The molecule has 0 aromatic carbocycles. The minimum atomic E-state index is -0.729. The number of aryl methyl sites for hydroxylation is 1. The van der Waals surface area contributed by atoms with Crippen LogP contribution in [0.1, 0.15) is 48.7 Å². The van der Waals surface area contributed by atoms with Crippen molar-refractivity contribution in [3.05, 3.63) is 23.4 Å². The number of rotatable bonds is 5. The van der Waals surface area contributed by atoms with Gasteiger partial charge >= 0.3 is 5.97 Å². The predicted octanol–water partition coefficient (Wildman–Crippen LogP) is 2.67. The lowest BCUT2D eigenvalue weighted by Gasteiger charge is -2.29. The second kappa shape index (κ2) is 7.72. The monoisotopic (exact) mass is 324 g/mol. The Labute approximate surface area is 134 Å². The largest absolute Gasteiger partial charge is 0.465 e. The van der Waals surface area contributed by atoms with Crippen LogP contribution in [0.5, 0.6) is 0 Å². The molecular formula is C16H24N2O3S. The minimum Gasteiger partial charge on any atom is -0.465 e. The molecular weight excluding hydrogens is 300 g/mol. The van der Waals surface area contributed by atoms with Gasteiger partial charge in [0.05, 0.1) is 18.4 Å². The quantitative estimate of drug-likeness (QED) is 0.843. The van der Waals surface area contributed by atoms with Gasteiger partial charge in [0.25, 0.3) is 0 Å². The smallest absolute Gasteiger partial charge is 0.339 e. The van der Waals surface area contributed by atoms with Crippen LogP contribution in [0.15, 0.2) is 12.1 Å². The van der Waals surface area contributed by atoms with Crippen molar-refractivity contribution < 1.29 is 13.7 Å². The maximum atomic E-state index is 12.0. The van der Waals surface area contributed by atoms with Crippen LogP contribution in [-0.2, 0) is 15.5 Å². The van der Waals surface area contributed by atoms with Crippen LogP contribution in [0.2, 0.25) is 0 Å². The third-order valence-electron chi connectivity index (χ3n) is 4.13. The van der Waals surface area contributed by atoms with Crippen LogP contribution in [0.3, 0.4) is 0 Å². The molecule has 1 aliphatic rings. The molecule has 1 heterocycles. The molecule has 0 aliphatic heterocycles. The molecule has 1 aromatic rings. The molecule has 1 saturated carbocycles. The first-order valence-electron chi connectivity index (χ1n) is 7.74. The first kappa shape index (κ1) is 16.9. The maximum Gasteiger partial charge on any atom is 0.339 e. The molecule has 5 nitrogen and oxygen atoms in total. The Hall–Kier alpha value is -1.43. The number of ether oxygens (including phenoxy) is 1. The van der Waals surface area contributed by atoms with E-state index in [9.17, 15) is 9.00 Å². The van der Waals surface area contributed by atoms with E-state index in [2.05, 4.69) is 10.3 Å². The number of nitrogens with one attached hydrogen (secondary N) is 1. The molecule has 3 atom stereocenters. The lowest BCUT2D eigenvalue weighted by molar-refractivity contribution is 0.0599. The number of methoxy groups -OCH3 is 1. The van der Waals surface area contributed by atoms with Gasteiger partial charge in [0.1, 0.15) is 5.82 Å². The Morgan fingerprint density at radius 1 is 1.45 bits per heavy atom. The van der Waals surface area contributed by atoms with Crippen molar-refractivity contribution in [2.75, 3.05) is 18.2 Å². The second-order valence-electron chi connectivity index (χ2n) is 5.62. The summed E-state index contributed by atoms with van der Waals surface area (Å²) in [5.41, 5.74) is 1.14. The third kappa shape index (κ3) is 4.06. The van der Waals surface area contributed by atoms with Gasteiger partial charge < -0.3 is 10.1 Å². The number of carbonyl (C=O) groups is 1. The van der Waals surface area contributed by atoms with E-state index in [-0.39, 0.29) is 11.2 Å². The number of hydrogen-bond donors (Lipinski definition) is 1. The molecule has 1 aromatic heterocycles. The number of hydrogen-bond acceptors (Lipinski definition) is 5. The highest BCUT2D eigenvalue weighted by atomic mass is 32.2. The van der Waals surface area contributed by atoms with Gasteiger partial charge in [0.2, 0.25) is 0 Å². The predicted molar refractivity (Wildman–Crippen MR) is 88.7 cm³/mol. The van der Waals surface area contributed by atoms with E-state index in [1.165, 1.54) is 7.11 Å². The van der Waals surface area contributed by atoms with Gasteiger partial charge in [0.15, 0.2) is 0 Å². The summed E-state index contributed by atoms with van der Waals surface area (Å²) in [5, 5.41) is 3.70. The van der Waals surface area contributed by atoms with Crippen molar-refractivity contribution in [3.63, 3.8) is 0 Å². The lowest BCUT2D eigenvalue weighted by Crippen LogP contribution is -2.33. The summed E-state index contributed by atoms with van der Waals surface area (Å²) in [6.07, 6.45) is 4.12. The molecule has 1 N–H and O–H groups in total. The van der Waals surface area contributed by atoms with Crippen molar-refractivity contribution in [1.29, 1.82) is 0 Å². The van der Waals surface area contributed by atoms with E-state index >= 15 is 0 Å². The van der Waals surface area contributed by atoms with Crippen LogP contribution in [0.4, 0.5) is 5.82 Å². The molecule has 1 aliphatic carbocycles. The number of anilines is 1. The van der Waals surface area contributed by atoms with Crippen molar-refractivity contribution in [3.8, 4) is 0 Å².